The summed E-state index contributed by atoms with van der Waals surface area (Å²) in [6, 6.07) is 11.3. The molecule has 0 aliphatic carbocycles. The number of carbonyl (C=O) groups excluding carboxylic acids is 1. The summed E-state index contributed by atoms with van der Waals surface area (Å²) in [6.07, 6.45) is 3.39. The molecule has 0 spiro atoms. The van der Waals surface area contributed by atoms with Crippen molar-refractivity contribution < 1.29 is 9.53 Å². The number of nitrogens with zero attached hydrogens (tertiary/aromatic N) is 4. The van der Waals surface area contributed by atoms with Crippen molar-refractivity contribution in [3.05, 3.63) is 48.8 Å². The number of carbonyl (C=O) groups is 1. The molecule has 0 radical (unpaired) electrons. The van der Waals surface area contributed by atoms with E-state index >= 15 is 0 Å². The third kappa shape index (κ3) is 3.97. The van der Waals surface area contributed by atoms with Gasteiger partial charge in [0, 0.05) is 23.6 Å². The summed E-state index contributed by atoms with van der Waals surface area (Å²) in [6.45, 7) is 2.54. The lowest BCUT2D eigenvalue weighted by Gasteiger charge is -2.11. The Morgan fingerprint density at radius 2 is 1.88 bits per heavy atom. The molecule has 25 heavy (non-hydrogen) atoms. The molecule has 1 aromatic carbocycles. The number of primary amides is 1. The van der Waals surface area contributed by atoms with Gasteiger partial charge in [-0.05, 0) is 43.3 Å². The molecule has 1 amide bonds. The summed E-state index contributed by atoms with van der Waals surface area (Å²) in [5, 5.41) is 9.09. The van der Waals surface area contributed by atoms with Gasteiger partial charge in [0.25, 0.3) is 0 Å². The van der Waals surface area contributed by atoms with Crippen molar-refractivity contribution in [1.29, 1.82) is 0 Å². The Kier molecular flexibility index (Phi) is 5.30. The zero-order chi connectivity index (χ0) is 17.6. The van der Waals surface area contributed by atoms with Crippen LogP contribution in [0.1, 0.15) is 6.92 Å². The van der Waals surface area contributed by atoms with Gasteiger partial charge >= 0.3 is 0 Å². The average Bonchev–Trinajstić information content (AvgIpc) is 3.05. The van der Waals surface area contributed by atoms with E-state index in [1.165, 1.54) is 11.8 Å². The number of hydrogen-bond acceptors (Lipinski definition) is 6. The van der Waals surface area contributed by atoms with E-state index in [1.54, 1.807) is 12.4 Å². The summed E-state index contributed by atoms with van der Waals surface area (Å²) >= 11 is 1.25. The van der Waals surface area contributed by atoms with Crippen molar-refractivity contribution in [3.63, 3.8) is 0 Å². The van der Waals surface area contributed by atoms with Gasteiger partial charge < -0.3 is 10.5 Å². The topological polar surface area (TPSA) is 95.9 Å². The van der Waals surface area contributed by atoms with Crippen LogP contribution in [0.15, 0.2) is 53.9 Å². The van der Waals surface area contributed by atoms with E-state index in [4.69, 9.17) is 10.5 Å². The summed E-state index contributed by atoms with van der Waals surface area (Å²) < 4.78 is 7.37. The molecule has 0 saturated carbocycles. The van der Waals surface area contributed by atoms with Crippen LogP contribution < -0.4 is 10.5 Å². The van der Waals surface area contributed by atoms with E-state index in [1.807, 2.05) is 47.9 Å². The number of pyridine rings is 1. The van der Waals surface area contributed by atoms with Gasteiger partial charge in [0.15, 0.2) is 11.0 Å². The molecule has 0 aliphatic heterocycles. The molecule has 0 unspecified atom stereocenters. The highest BCUT2D eigenvalue weighted by Gasteiger charge is 2.16. The Hall–Kier alpha value is -2.87. The van der Waals surface area contributed by atoms with Gasteiger partial charge in [0.05, 0.1) is 12.4 Å². The van der Waals surface area contributed by atoms with Crippen LogP contribution in [0.2, 0.25) is 0 Å². The fourth-order valence-electron chi connectivity index (χ4n) is 2.28. The Morgan fingerprint density at radius 3 is 2.52 bits per heavy atom. The third-order valence-electron chi connectivity index (χ3n) is 3.32. The Morgan fingerprint density at radius 1 is 1.16 bits per heavy atom. The molecule has 0 atom stereocenters. The number of benzene rings is 1. The monoisotopic (exact) mass is 355 g/mol. The molecule has 2 heterocycles. The van der Waals surface area contributed by atoms with Crippen LogP contribution >= 0.6 is 11.8 Å². The largest absolute Gasteiger partial charge is 0.494 e. The van der Waals surface area contributed by atoms with Crippen molar-refractivity contribution in [3.8, 4) is 22.8 Å². The molecule has 0 fully saturated rings. The quantitative estimate of drug-likeness (QED) is 0.653. The minimum absolute atomic E-state index is 0.130. The second-order valence-corrected chi connectivity index (χ2v) is 6.00. The number of nitrogens with two attached hydrogens (primary N) is 1. The van der Waals surface area contributed by atoms with Crippen LogP contribution in [0, 0.1) is 0 Å². The Labute approximate surface area is 149 Å². The highest BCUT2D eigenvalue weighted by atomic mass is 32.2. The van der Waals surface area contributed by atoms with E-state index in [9.17, 15) is 4.79 Å². The molecule has 128 valence electrons. The predicted molar refractivity (Wildman–Crippen MR) is 95.7 cm³/mol. The third-order valence-corrected chi connectivity index (χ3v) is 4.27. The first kappa shape index (κ1) is 17.0. The SMILES string of the molecule is CCOc1ccc(-n2c(SCC(N)=O)nnc2-c2ccncc2)cc1. The number of rotatable bonds is 7. The fraction of sp³-hybridized carbons (Fsp3) is 0.176. The second-order valence-electron chi connectivity index (χ2n) is 5.06. The maximum atomic E-state index is 11.1. The Bertz CT molecular complexity index is 849. The fourth-order valence-corrected chi connectivity index (χ4v) is 2.97. The van der Waals surface area contributed by atoms with Crippen molar-refractivity contribution >= 4 is 17.7 Å². The summed E-state index contributed by atoms with van der Waals surface area (Å²) in [4.78, 5) is 15.2. The molecule has 3 rings (SSSR count). The van der Waals surface area contributed by atoms with Gasteiger partial charge in [-0.2, -0.15) is 0 Å². The normalized spacial score (nSPS) is 10.6. The predicted octanol–water partition coefficient (Wildman–Crippen LogP) is 2.31. The molecule has 3 aromatic rings. The number of thioether (sulfide) groups is 1. The van der Waals surface area contributed by atoms with Gasteiger partial charge in [-0.3, -0.25) is 14.3 Å². The van der Waals surface area contributed by atoms with Gasteiger partial charge in [0.2, 0.25) is 5.91 Å². The molecule has 0 saturated heterocycles. The first-order valence-electron chi connectivity index (χ1n) is 7.69. The van der Waals surface area contributed by atoms with E-state index in [0.717, 1.165) is 17.0 Å². The molecular weight excluding hydrogens is 338 g/mol. The molecule has 8 heteroatoms. The number of amides is 1. The van der Waals surface area contributed by atoms with Crippen LogP contribution in [-0.2, 0) is 4.79 Å². The van der Waals surface area contributed by atoms with E-state index in [0.29, 0.717) is 17.6 Å². The lowest BCUT2D eigenvalue weighted by molar-refractivity contribution is -0.115. The molecule has 7 nitrogen and oxygen atoms in total. The minimum atomic E-state index is -0.406. The van der Waals surface area contributed by atoms with Crippen LogP contribution in [0.4, 0.5) is 0 Å². The Balaban J connectivity index is 2.04. The van der Waals surface area contributed by atoms with E-state index in [-0.39, 0.29) is 5.75 Å². The van der Waals surface area contributed by atoms with Crippen molar-refractivity contribution in [2.24, 2.45) is 5.73 Å². The van der Waals surface area contributed by atoms with Crippen LogP contribution in [-0.4, -0.2) is 38.0 Å². The van der Waals surface area contributed by atoms with Crippen molar-refractivity contribution in [1.82, 2.24) is 19.7 Å². The van der Waals surface area contributed by atoms with E-state index < -0.39 is 5.91 Å². The van der Waals surface area contributed by atoms with Crippen LogP contribution in [0.25, 0.3) is 17.1 Å². The molecular formula is C17H17N5O2S. The smallest absolute Gasteiger partial charge is 0.227 e. The summed E-state index contributed by atoms with van der Waals surface area (Å²) in [5.41, 5.74) is 7.00. The first-order valence-corrected chi connectivity index (χ1v) is 8.67. The highest BCUT2D eigenvalue weighted by molar-refractivity contribution is 7.99. The standard InChI is InChI=1S/C17H17N5O2S/c1-2-24-14-5-3-13(4-6-14)22-16(12-7-9-19-10-8-12)20-21-17(22)25-11-15(18)23/h3-10H,2,11H2,1H3,(H2,18,23). The molecule has 2 aromatic heterocycles. The van der Waals surface area contributed by atoms with Crippen LogP contribution in [0.5, 0.6) is 5.75 Å². The first-order chi connectivity index (χ1) is 12.2. The van der Waals surface area contributed by atoms with Crippen LogP contribution in [0.3, 0.4) is 0 Å². The number of hydrogen-bond donors (Lipinski definition) is 1. The maximum absolute atomic E-state index is 11.1. The summed E-state index contributed by atoms with van der Waals surface area (Å²) in [7, 11) is 0. The average molecular weight is 355 g/mol. The highest BCUT2D eigenvalue weighted by Crippen LogP contribution is 2.28. The number of ether oxygens (including phenoxy) is 1. The lowest BCUT2D eigenvalue weighted by atomic mass is 10.2. The van der Waals surface area contributed by atoms with Gasteiger partial charge in [-0.1, -0.05) is 11.8 Å². The van der Waals surface area contributed by atoms with Gasteiger partial charge in [-0.25, -0.2) is 0 Å². The van der Waals surface area contributed by atoms with Crippen molar-refractivity contribution in [2.45, 2.75) is 12.1 Å². The molecule has 0 aliphatic rings. The lowest BCUT2D eigenvalue weighted by Crippen LogP contribution is -2.13. The number of aromatic nitrogens is 4. The van der Waals surface area contributed by atoms with Gasteiger partial charge in [0.1, 0.15) is 5.75 Å². The van der Waals surface area contributed by atoms with Crippen molar-refractivity contribution in [2.75, 3.05) is 12.4 Å². The second kappa shape index (κ2) is 7.80. The zero-order valence-electron chi connectivity index (χ0n) is 13.6. The van der Waals surface area contributed by atoms with E-state index in [2.05, 4.69) is 15.2 Å². The summed E-state index contributed by atoms with van der Waals surface area (Å²) in [5.74, 6) is 1.18. The minimum Gasteiger partial charge on any atom is -0.494 e. The zero-order valence-corrected chi connectivity index (χ0v) is 14.4. The van der Waals surface area contributed by atoms with Gasteiger partial charge in [-0.15, -0.1) is 10.2 Å². The molecule has 2 N–H and O–H groups in total. The maximum Gasteiger partial charge on any atom is 0.227 e. The molecule has 0 bridgehead atoms.